The van der Waals surface area contributed by atoms with Gasteiger partial charge in [-0.2, -0.15) is 0 Å². The maximum atomic E-state index is 12.2. The van der Waals surface area contributed by atoms with Gasteiger partial charge in [0.1, 0.15) is 44.8 Å². The van der Waals surface area contributed by atoms with Crippen molar-refractivity contribution >= 4 is 90.8 Å². The maximum absolute atomic E-state index is 12.2. The number of ether oxygens (including phenoxy) is 4. The molecule has 2 unspecified atom stereocenters. The van der Waals surface area contributed by atoms with Crippen molar-refractivity contribution in [2.75, 3.05) is 47.7 Å². The molecule has 20 heteroatoms. The molecule has 8 aromatic heterocycles. The van der Waals surface area contributed by atoms with Gasteiger partial charge in [-0.1, -0.05) is 66.2 Å². The molecule has 6 atom stereocenters. The molecule has 0 aliphatic heterocycles. The summed E-state index contributed by atoms with van der Waals surface area (Å²) in [7, 11) is 0. The molecule has 20 nitrogen and oxygen atoms in total. The number of esters is 4. The summed E-state index contributed by atoms with van der Waals surface area (Å²) in [5.41, 5.74) is 8.65. The van der Waals surface area contributed by atoms with Crippen LogP contribution in [0.25, 0.3) is 44.1 Å². The first-order valence-corrected chi connectivity index (χ1v) is 32.4. The lowest BCUT2D eigenvalue weighted by Crippen LogP contribution is -2.31. The van der Waals surface area contributed by atoms with Crippen LogP contribution in [0.3, 0.4) is 0 Å². The predicted octanol–water partition coefficient (Wildman–Crippen LogP) is 14.9. The molecule has 0 aromatic carbocycles. The van der Waals surface area contributed by atoms with Gasteiger partial charge in [0.05, 0.1) is 49.2 Å². The second kappa shape index (κ2) is 31.1. The predicted molar refractivity (Wildman–Crippen MR) is 348 cm³/mol. The molecule has 88 heavy (non-hydrogen) atoms. The highest BCUT2D eigenvalue weighted by Crippen LogP contribution is 2.37. The molecule has 0 radical (unpaired) electrons. The smallest absolute Gasteiger partial charge is 0.341 e. The van der Waals surface area contributed by atoms with Crippen LogP contribution >= 0.6 is 0 Å². The minimum absolute atomic E-state index is 0.315. The number of anilines is 4. The number of nitrogens with one attached hydrogen (secondary N) is 8. The van der Waals surface area contributed by atoms with Crippen LogP contribution in [0, 0.1) is 23.7 Å². The molecule has 0 saturated heterocycles. The highest BCUT2D eigenvalue weighted by molar-refractivity contribution is 6.07. The van der Waals surface area contributed by atoms with Crippen molar-refractivity contribution in [3.8, 4) is 0 Å². The minimum atomic E-state index is -0.316. The summed E-state index contributed by atoms with van der Waals surface area (Å²) >= 11 is 0. The Bertz CT molecular complexity index is 3460. The number of fused-ring (bicyclic) bond motifs is 4. The fourth-order valence-corrected chi connectivity index (χ4v) is 12.9. The van der Waals surface area contributed by atoms with Crippen LogP contribution in [-0.2, 0) is 18.9 Å². The molecule has 472 valence electrons. The molecule has 8 N–H and O–H groups in total. The van der Waals surface area contributed by atoms with E-state index in [2.05, 4.69) is 88.8 Å². The number of nitrogens with zero attached hydrogens (tertiary/aromatic N) is 4. The van der Waals surface area contributed by atoms with E-state index in [1.807, 2.05) is 76.7 Å². The number of rotatable bonds is 16. The first-order valence-electron chi connectivity index (χ1n) is 32.4. The zero-order valence-electron chi connectivity index (χ0n) is 52.7. The van der Waals surface area contributed by atoms with Crippen molar-refractivity contribution in [1.82, 2.24) is 39.9 Å². The lowest BCUT2D eigenvalue weighted by atomic mass is 9.85. The van der Waals surface area contributed by atoms with E-state index in [-0.39, 0.29) is 23.9 Å². The number of H-pyrrole nitrogens is 4. The summed E-state index contributed by atoms with van der Waals surface area (Å²) in [5, 5.41) is 18.2. The normalized spacial score (nSPS) is 21.7. The molecule has 0 spiro atoms. The molecule has 8 heterocycles. The molecule has 12 rings (SSSR count). The van der Waals surface area contributed by atoms with E-state index < -0.39 is 0 Å². The standard InChI is InChI=1S/4C17H23N3O2/c1-3-22-17(21)14-10-19-16-13(8-9-18-16)15(14)20-12-6-4-11(2)5-7-12;1-3-22-17(21)14-10-19-16-13(7-8-18-16)15(14)20-12-6-4-5-11(2)9-12;2*1-3-22-17(21)13-10-19-16-12(8-9-18-16)15(13)20-14-7-5-4-6-11(14)2/h8-12H,3-7H2,1-2H3,(H2,18,19,20);7-8,10-12H,3-6,9H2,1-2H3,(H2,18,19,20);2*8-11,14H,3-7H2,1-2H3,(H2,18,19,20)/t;;2*11-,14+/m..10/s1. The third-order valence-corrected chi connectivity index (χ3v) is 17.9. The van der Waals surface area contributed by atoms with Crippen molar-refractivity contribution in [2.24, 2.45) is 23.7 Å². The van der Waals surface area contributed by atoms with Gasteiger partial charge in [-0.05, 0) is 140 Å². The molecular formula is C68H92N12O8. The van der Waals surface area contributed by atoms with Crippen LogP contribution in [0.5, 0.6) is 0 Å². The number of carbonyl (C=O) groups excluding carboxylic acids is 4. The van der Waals surface area contributed by atoms with E-state index in [0.717, 1.165) is 117 Å². The van der Waals surface area contributed by atoms with Crippen LogP contribution < -0.4 is 21.3 Å². The molecule has 0 bridgehead atoms. The van der Waals surface area contributed by atoms with Gasteiger partial charge in [0.15, 0.2) is 0 Å². The quantitative estimate of drug-likeness (QED) is 0.0330. The average Bonchev–Trinajstić information content (AvgIpc) is 2.44. The molecule has 4 saturated carbocycles. The first-order chi connectivity index (χ1) is 42.8. The zero-order valence-corrected chi connectivity index (χ0v) is 52.7. The van der Waals surface area contributed by atoms with Gasteiger partial charge in [-0.15, -0.1) is 0 Å². The highest BCUT2D eigenvalue weighted by atomic mass is 16.5. The van der Waals surface area contributed by atoms with Gasteiger partial charge < -0.3 is 60.2 Å². The number of aromatic amines is 4. The Kier molecular flexibility index (Phi) is 22.8. The number of hydrogen-bond donors (Lipinski definition) is 8. The van der Waals surface area contributed by atoms with Crippen molar-refractivity contribution in [3.05, 3.63) is 96.1 Å². The van der Waals surface area contributed by atoms with Crippen LogP contribution in [0.2, 0.25) is 0 Å². The maximum Gasteiger partial charge on any atom is 0.341 e. The van der Waals surface area contributed by atoms with Gasteiger partial charge in [-0.3, -0.25) is 0 Å². The highest BCUT2D eigenvalue weighted by Gasteiger charge is 2.29. The average molecular weight is 1210 g/mol. The lowest BCUT2D eigenvalue weighted by molar-refractivity contribution is 0.0517. The van der Waals surface area contributed by atoms with Crippen molar-refractivity contribution in [3.63, 3.8) is 0 Å². The number of hydrogen-bond acceptors (Lipinski definition) is 16. The van der Waals surface area contributed by atoms with E-state index in [9.17, 15) is 19.2 Å². The second-order valence-corrected chi connectivity index (χ2v) is 24.3. The van der Waals surface area contributed by atoms with Crippen LogP contribution in [0.1, 0.15) is 200 Å². The summed E-state index contributed by atoms with van der Waals surface area (Å²) in [5.74, 6) is 1.47. The van der Waals surface area contributed by atoms with E-state index in [1.165, 1.54) is 64.2 Å². The Morgan fingerprint density at radius 2 is 0.727 bits per heavy atom. The lowest BCUT2D eigenvalue weighted by Gasteiger charge is -2.31. The van der Waals surface area contributed by atoms with Crippen molar-refractivity contribution < 1.29 is 38.1 Å². The molecule has 0 amide bonds. The summed E-state index contributed by atoms with van der Waals surface area (Å²) < 4.78 is 20.7. The van der Waals surface area contributed by atoms with Gasteiger partial charge in [-0.25, -0.2) is 39.1 Å². The van der Waals surface area contributed by atoms with Crippen LogP contribution in [-0.4, -0.2) is 114 Å². The third kappa shape index (κ3) is 15.9. The Morgan fingerprint density at radius 3 is 1.06 bits per heavy atom. The molecule has 4 aliphatic carbocycles. The minimum Gasteiger partial charge on any atom is -0.462 e. The fraction of sp³-hybridized carbons (Fsp3) is 0.529. The Hall–Kier alpha value is -8.16. The van der Waals surface area contributed by atoms with E-state index >= 15 is 0 Å². The van der Waals surface area contributed by atoms with E-state index in [0.29, 0.717) is 84.7 Å². The fourth-order valence-electron chi connectivity index (χ4n) is 12.9. The zero-order chi connectivity index (χ0) is 62.1. The Morgan fingerprint density at radius 1 is 0.398 bits per heavy atom. The van der Waals surface area contributed by atoms with Crippen LogP contribution in [0.15, 0.2) is 73.8 Å². The summed E-state index contributed by atoms with van der Waals surface area (Å²) in [4.78, 5) is 78.6. The summed E-state index contributed by atoms with van der Waals surface area (Å²) in [6, 6.07) is 9.42. The van der Waals surface area contributed by atoms with E-state index in [4.69, 9.17) is 18.9 Å². The molecule has 8 aromatic rings. The number of carbonyl (C=O) groups is 4. The topological polar surface area (TPSA) is 268 Å². The Labute approximate surface area is 516 Å². The van der Waals surface area contributed by atoms with E-state index in [1.54, 1.807) is 24.8 Å². The second-order valence-electron chi connectivity index (χ2n) is 24.3. The third-order valence-electron chi connectivity index (χ3n) is 17.9. The van der Waals surface area contributed by atoms with Crippen molar-refractivity contribution in [2.45, 2.75) is 182 Å². The van der Waals surface area contributed by atoms with Gasteiger partial charge in [0.2, 0.25) is 0 Å². The van der Waals surface area contributed by atoms with Gasteiger partial charge in [0.25, 0.3) is 0 Å². The number of pyridine rings is 4. The molecule has 4 aliphatic rings. The largest absolute Gasteiger partial charge is 0.462 e. The summed E-state index contributed by atoms with van der Waals surface area (Å²) in [6.07, 6.45) is 33.1. The molecular weight excluding hydrogens is 1110 g/mol. The Balaban J connectivity index is 0.000000140. The van der Waals surface area contributed by atoms with Gasteiger partial charge >= 0.3 is 23.9 Å². The van der Waals surface area contributed by atoms with Crippen LogP contribution in [0.4, 0.5) is 22.7 Å². The monoisotopic (exact) mass is 1200 g/mol. The first kappa shape index (κ1) is 64.3. The number of aromatic nitrogens is 8. The van der Waals surface area contributed by atoms with Crippen molar-refractivity contribution in [1.29, 1.82) is 0 Å². The SMILES string of the molecule is CCOC(=O)c1cnc2[nH]ccc2c1NC1CCC(C)CC1.CCOC(=O)c1cnc2[nH]ccc2c1NC1CCCC(C)C1.CCOC(=O)c1cnc2[nH]ccc2c1N[C@@H]1CCCC[C@@H]1C.CCOC(=O)c1cnc2[nH]ccc2c1N[C@H]1CCCC[C@H]1C. The summed E-state index contributed by atoms with van der Waals surface area (Å²) in [6.45, 7) is 17.9. The van der Waals surface area contributed by atoms with Gasteiger partial charge in [0, 0.05) is 95.3 Å². The molecule has 4 fully saturated rings.